The number of para-hydroxylation sites is 1. The minimum Gasteiger partial charge on any atom is -0.482 e. The summed E-state index contributed by atoms with van der Waals surface area (Å²) in [5.41, 5.74) is 3.63. The minimum atomic E-state index is -3.78. The topological polar surface area (TPSA) is 75.7 Å². The van der Waals surface area contributed by atoms with Crippen molar-refractivity contribution in [2.75, 3.05) is 22.8 Å². The molecule has 1 amide bonds. The maximum absolute atomic E-state index is 13.3. The Kier molecular flexibility index (Phi) is 7.98. The molecule has 4 rings (SSSR count). The molecule has 0 fully saturated rings. The van der Waals surface area contributed by atoms with Crippen LogP contribution in [-0.2, 0) is 27.7 Å². The smallest absolute Gasteiger partial charge is 0.264 e. The first kappa shape index (κ1) is 25.1. The van der Waals surface area contributed by atoms with Crippen molar-refractivity contribution in [2.45, 2.75) is 43.9 Å². The van der Waals surface area contributed by atoms with Crippen LogP contribution in [0.1, 0.15) is 37.3 Å². The lowest BCUT2D eigenvalue weighted by molar-refractivity contribution is -0.118. The third-order valence-corrected chi connectivity index (χ3v) is 8.08. The highest BCUT2D eigenvalue weighted by Crippen LogP contribution is 2.34. The maximum atomic E-state index is 13.3. The summed E-state index contributed by atoms with van der Waals surface area (Å²) < 4.78 is 33.6. The van der Waals surface area contributed by atoms with Gasteiger partial charge in [0.2, 0.25) is 0 Å². The average Bonchev–Trinajstić information content (AvgIpc) is 2.87. The summed E-state index contributed by atoms with van der Waals surface area (Å²) >= 11 is 6.34. The van der Waals surface area contributed by atoms with Crippen LogP contribution >= 0.6 is 11.6 Å². The lowest BCUT2D eigenvalue weighted by Gasteiger charge is -2.30. The fourth-order valence-corrected chi connectivity index (χ4v) is 5.98. The molecule has 0 aromatic heterocycles. The molecule has 0 saturated carbocycles. The zero-order valence-electron chi connectivity index (χ0n) is 19.7. The number of nitrogens with one attached hydrogen (secondary N) is 1. The van der Waals surface area contributed by atoms with Gasteiger partial charge in [-0.25, -0.2) is 8.42 Å². The van der Waals surface area contributed by atoms with E-state index in [2.05, 4.69) is 12.2 Å². The first-order valence-corrected chi connectivity index (χ1v) is 13.6. The molecule has 1 aliphatic heterocycles. The zero-order valence-corrected chi connectivity index (χ0v) is 21.2. The van der Waals surface area contributed by atoms with Crippen LogP contribution in [0.4, 0.5) is 11.4 Å². The van der Waals surface area contributed by atoms with E-state index < -0.39 is 10.0 Å². The van der Waals surface area contributed by atoms with Gasteiger partial charge in [0.1, 0.15) is 5.75 Å². The maximum Gasteiger partial charge on any atom is 0.264 e. The monoisotopic (exact) mass is 512 g/mol. The Morgan fingerprint density at radius 1 is 1.09 bits per heavy atom. The lowest BCUT2D eigenvalue weighted by atomic mass is 10.0. The van der Waals surface area contributed by atoms with E-state index in [1.165, 1.54) is 28.1 Å². The highest BCUT2D eigenvalue weighted by Gasteiger charge is 2.29. The number of amides is 1. The fraction of sp³-hybridized carbons (Fsp3) is 0.296. The molecule has 0 spiro atoms. The van der Waals surface area contributed by atoms with E-state index in [4.69, 9.17) is 16.3 Å². The van der Waals surface area contributed by atoms with E-state index in [1.54, 1.807) is 0 Å². The molecule has 0 unspecified atom stereocenters. The van der Waals surface area contributed by atoms with Crippen LogP contribution in [0.2, 0.25) is 5.02 Å². The van der Waals surface area contributed by atoms with Crippen molar-refractivity contribution in [3.8, 4) is 5.75 Å². The van der Waals surface area contributed by atoms with Crippen molar-refractivity contribution in [1.82, 2.24) is 0 Å². The minimum absolute atomic E-state index is 0.0826. The molecule has 8 heteroatoms. The Bertz CT molecular complexity index is 1290. The number of ether oxygens (including phenoxy) is 1. The first-order valence-electron chi connectivity index (χ1n) is 11.8. The Morgan fingerprint density at radius 2 is 1.86 bits per heavy atom. The van der Waals surface area contributed by atoms with Gasteiger partial charge in [0.15, 0.2) is 6.61 Å². The van der Waals surface area contributed by atoms with Gasteiger partial charge in [-0.3, -0.25) is 9.10 Å². The van der Waals surface area contributed by atoms with Gasteiger partial charge >= 0.3 is 0 Å². The number of hydrogen-bond acceptors (Lipinski definition) is 4. The Hall–Kier alpha value is -3.03. The molecule has 0 bridgehead atoms. The molecule has 3 aromatic rings. The van der Waals surface area contributed by atoms with E-state index in [0.717, 1.165) is 37.7 Å². The number of nitrogens with zero attached hydrogens (tertiary/aromatic N) is 1. The number of carbonyl (C=O) groups excluding carboxylic acids is 1. The quantitative estimate of drug-likeness (QED) is 0.390. The van der Waals surface area contributed by atoms with Crippen LogP contribution in [0.25, 0.3) is 0 Å². The summed E-state index contributed by atoms with van der Waals surface area (Å²) in [6.45, 7) is 2.32. The third-order valence-electron chi connectivity index (χ3n) is 5.97. The molecule has 0 saturated heterocycles. The lowest BCUT2D eigenvalue weighted by Crippen LogP contribution is -2.35. The van der Waals surface area contributed by atoms with Gasteiger partial charge < -0.3 is 10.1 Å². The number of benzene rings is 3. The Labute approximate surface area is 211 Å². The van der Waals surface area contributed by atoms with Gasteiger partial charge in [0.25, 0.3) is 15.9 Å². The zero-order chi connectivity index (χ0) is 24.8. The van der Waals surface area contributed by atoms with E-state index in [0.29, 0.717) is 17.9 Å². The Morgan fingerprint density at radius 3 is 2.60 bits per heavy atom. The van der Waals surface area contributed by atoms with Gasteiger partial charge in [0, 0.05) is 12.2 Å². The molecule has 1 aliphatic rings. The van der Waals surface area contributed by atoms with Crippen molar-refractivity contribution in [2.24, 2.45) is 0 Å². The van der Waals surface area contributed by atoms with E-state index in [-0.39, 0.29) is 28.2 Å². The summed E-state index contributed by atoms with van der Waals surface area (Å²) in [5, 5.41) is 2.92. The van der Waals surface area contributed by atoms with Crippen molar-refractivity contribution in [3.05, 3.63) is 82.9 Å². The second-order valence-electron chi connectivity index (χ2n) is 8.54. The number of halogens is 1. The molecule has 1 N–H and O–H groups in total. The number of fused-ring (bicyclic) bond motifs is 1. The third kappa shape index (κ3) is 5.97. The number of aryl methyl sites for hydroxylation is 2. The summed E-state index contributed by atoms with van der Waals surface area (Å²) in [7, 11) is -3.78. The van der Waals surface area contributed by atoms with Crippen molar-refractivity contribution >= 4 is 38.9 Å². The number of carbonyl (C=O) groups is 1. The van der Waals surface area contributed by atoms with Gasteiger partial charge in [0.05, 0.1) is 15.6 Å². The molecule has 3 aromatic carbocycles. The number of hydrogen-bond donors (Lipinski definition) is 1. The van der Waals surface area contributed by atoms with Crippen LogP contribution in [0.15, 0.2) is 71.6 Å². The summed E-state index contributed by atoms with van der Waals surface area (Å²) in [4.78, 5) is 12.4. The molecular formula is C27H29ClN2O4S. The van der Waals surface area contributed by atoms with Crippen molar-refractivity contribution in [1.29, 1.82) is 0 Å². The first-order chi connectivity index (χ1) is 16.9. The van der Waals surface area contributed by atoms with Crippen LogP contribution in [0, 0.1) is 0 Å². The van der Waals surface area contributed by atoms with Crippen LogP contribution in [0.3, 0.4) is 0 Å². The molecule has 0 atom stereocenters. The van der Waals surface area contributed by atoms with Gasteiger partial charge in [-0.15, -0.1) is 0 Å². The van der Waals surface area contributed by atoms with E-state index in [1.807, 2.05) is 48.5 Å². The summed E-state index contributed by atoms with van der Waals surface area (Å²) in [6, 6.07) is 19.6. The van der Waals surface area contributed by atoms with Gasteiger partial charge in [-0.2, -0.15) is 0 Å². The summed E-state index contributed by atoms with van der Waals surface area (Å²) in [5.74, 6) is -0.0845. The number of sulfonamides is 1. The number of unbranched alkanes of at least 4 members (excludes halogenated alkanes) is 1. The SMILES string of the molecule is CCCCc1ccc(NC(=O)COc2ccc(S(=O)(=O)N3CCCc4ccccc43)cc2Cl)cc1. The van der Waals surface area contributed by atoms with Crippen molar-refractivity contribution in [3.63, 3.8) is 0 Å². The van der Waals surface area contributed by atoms with E-state index >= 15 is 0 Å². The van der Waals surface area contributed by atoms with E-state index in [9.17, 15) is 13.2 Å². The van der Waals surface area contributed by atoms with Crippen LogP contribution < -0.4 is 14.4 Å². The molecule has 6 nitrogen and oxygen atoms in total. The molecule has 0 radical (unpaired) electrons. The second kappa shape index (κ2) is 11.1. The normalized spacial score (nSPS) is 13.3. The van der Waals surface area contributed by atoms with Gasteiger partial charge in [-0.1, -0.05) is 55.3 Å². The average molecular weight is 513 g/mol. The standard InChI is InChI=1S/C27H29ClN2O4S/c1-2-3-7-20-11-13-22(14-12-20)29-27(31)19-34-26-16-15-23(18-24(26)28)35(32,33)30-17-6-9-21-8-4-5-10-25(21)30/h4-5,8,10-16,18H,2-3,6-7,9,17,19H2,1H3,(H,29,31). The highest BCUT2D eigenvalue weighted by atomic mass is 35.5. The number of anilines is 2. The molecule has 184 valence electrons. The summed E-state index contributed by atoms with van der Waals surface area (Å²) in [6.07, 6.45) is 4.88. The second-order valence-corrected chi connectivity index (χ2v) is 10.8. The molecule has 1 heterocycles. The van der Waals surface area contributed by atoms with Crippen molar-refractivity contribution < 1.29 is 17.9 Å². The number of rotatable bonds is 9. The predicted octanol–water partition coefficient (Wildman–Crippen LogP) is 5.84. The van der Waals surface area contributed by atoms with Gasteiger partial charge in [-0.05, 0) is 73.2 Å². The highest BCUT2D eigenvalue weighted by molar-refractivity contribution is 7.92. The van der Waals surface area contributed by atoms with Crippen LogP contribution in [-0.4, -0.2) is 27.5 Å². The Balaban J connectivity index is 1.39. The largest absolute Gasteiger partial charge is 0.482 e. The molecule has 35 heavy (non-hydrogen) atoms. The molecule has 0 aliphatic carbocycles. The fourth-order valence-electron chi connectivity index (χ4n) is 4.11. The molecular weight excluding hydrogens is 484 g/mol. The van der Waals surface area contributed by atoms with Crippen LogP contribution in [0.5, 0.6) is 5.75 Å². The predicted molar refractivity (Wildman–Crippen MR) is 140 cm³/mol.